The fourth-order valence-electron chi connectivity index (χ4n) is 2.89. The lowest BCUT2D eigenvalue weighted by molar-refractivity contribution is -0.432. The molecule has 0 atom stereocenters. The first kappa shape index (κ1) is 23.3. The molecular weight excluding hydrogens is 396 g/mol. The van der Waals surface area contributed by atoms with Crippen LogP contribution in [0.15, 0.2) is 48.5 Å². The monoisotopic (exact) mass is 422 g/mol. The molecule has 0 aliphatic carbocycles. The van der Waals surface area contributed by atoms with E-state index in [0.717, 1.165) is 30.4 Å². The number of carbonyl (C=O) groups is 1. The van der Waals surface area contributed by atoms with Gasteiger partial charge < -0.3 is 14.2 Å². The lowest BCUT2D eigenvalue weighted by atomic mass is 9.94. The number of hydrogen-bond donors (Lipinski definition) is 1. The van der Waals surface area contributed by atoms with E-state index in [1.165, 1.54) is 14.2 Å². The summed E-state index contributed by atoms with van der Waals surface area (Å²) in [6, 6.07) is 14.4. The van der Waals surface area contributed by atoms with Gasteiger partial charge in [-0.3, -0.25) is 4.79 Å². The van der Waals surface area contributed by atoms with Crippen molar-refractivity contribution in [2.75, 3.05) is 26.6 Å². The summed E-state index contributed by atoms with van der Waals surface area (Å²) in [7, 11) is 2.91. The molecule has 0 unspecified atom stereocenters. The second kappa shape index (κ2) is 11.9. The first-order valence-electron chi connectivity index (χ1n) is 9.12. The van der Waals surface area contributed by atoms with E-state index in [9.17, 15) is 4.79 Å². The molecule has 0 radical (unpaired) electrons. The van der Waals surface area contributed by atoms with E-state index in [2.05, 4.69) is 9.37 Å². The first-order chi connectivity index (χ1) is 14.1. The van der Waals surface area contributed by atoms with E-state index < -0.39 is 5.79 Å². The molecule has 0 saturated heterocycles. The van der Waals surface area contributed by atoms with E-state index in [-0.39, 0.29) is 5.78 Å². The predicted molar refractivity (Wildman–Crippen MR) is 110 cm³/mol. The molecular formula is C21H26O7S. The third kappa shape index (κ3) is 6.27. The molecule has 8 heteroatoms. The van der Waals surface area contributed by atoms with Crippen molar-refractivity contribution in [3.63, 3.8) is 0 Å². The number of methoxy groups -OCH3 is 2. The van der Waals surface area contributed by atoms with Gasteiger partial charge in [0, 0.05) is 43.1 Å². The van der Waals surface area contributed by atoms with Crippen LogP contribution < -0.4 is 4.74 Å². The second-order valence-corrected chi connectivity index (χ2v) is 7.05. The molecule has 0 aliphatic rings. The number of ether oxygens (including phenoxy) is 3. The first-order valence-corrected chi connectivity index (χ1v) is 10.0. The lowest BCUT2D eigenvalue weighted by Gasteiger charge is -2.30. The van der Waals surface area contributed by atoms with Crippen LogP contribution in [0.4, 0.5) is 0 Å². The summed E-state index contributed by atoms with van der Waals surface area (Å²) < 4.78 is 21.1. The Bertz CT molecular complexity index is 760. The SMILES string of the molecule is COC(OC)(C(=O)c1ccc(OCCCCSOOO)cc1)c1cccc(C)c1. The van der Waals surface area contributed by atoms with Crippen molar-refractivity contribution in [1.82, 2.24) is 0 Å². The Balaban J connectivity index is 2.01. The molecule has 158 valence electrons. The van der Waals surface area contributed by atoms with E-state index >= 15 is 0 Å². The Morgan fingerprint density at radius 1 is 1.07 bits per heavy atom. The number of benzene rings is 2. The van der Waals surface area contributed by atoms with Crippen LogP contribution >= 0.6 is 12.0 Å². The summed E-state index contributed by atoms with van der Waals surface area (Å²) in [5.41, 5.74) is 2.10. The Hall–Kier alpha value is -1.94. The zero-order valence-electron chi connectivity index (χ0n) is 16.8. The van der Waals surface area contributed by atoms with Crippen LogP contribution in [0.1, 0.15) is 34.3 Å². The summed E-state index contributed by atoms with van der Waals surface area (Å²) >= 11 is 1.02. The van der Waals surface area contributed by atoms with Crippen molar-refractivity contribution in [3.05, 3.63) is 65.2 Å². The predicted octanol–water partition coefficient (Wildman–Crippen LogP) is 4.55. The van der Waals surface area contributed by atoms with Crippen LogP contribution in [0, 0.1) is 6.92 Å². The van der Waals surface area contributed by atoms with Crippen LogP contribution in [0.3, 0.4) is 0 Å². The molecule has 0 spiro atoms. The van der Waals surface area contributed by atoms with Crippen molar-refractivity contribution >= 4 is 17.8 Å². The normalized spacial score (nSPS) is 11.4. The van der Waals surface area contributed by atoms with E-state index in [1.807, 2.05) is 31.2 Å². The third-order valence-corrected chi connectivity index (χ3v) is 4.97. The Morgan fingerprint density at radius 2 is 1.79 bits per heavy atom. The molecule has 2 rings (SSSR count). The number of Topliss-reactive ketones (excluding diaryl/α,β-unsaturated/α-hetero) is 1. The van der Waals surface area contributed by atoms with Crippen LogP contribution in [0.5, 0.6) is 5.75 Å². The number of hydrogen-bond acceptors (Lipinski definition) is 8. The number of ketones is 1. The number of aryl methyl sites for hydroxylation is 1. The largest absolute Gasteiger partial charge is 0.494 e. The Labute approximate surface area is 174 Å². The van der Waals surface area contributed by atoms with Gasteiger partial charge in [0.2, 0.25) is 5.78 Å². The van der Waals surface area contributed by atoms with Crippen molar-refractivity contribution in [1.29, 1.82) is 0 Å². The molecule has 2 aromatic carbocycles. The highest BCUT2D eigenvalue weighted by atomic mass is 32.2. The van der Waals surface area contributed by atoms with Crippen LogP contribution in [0.2, 0.25) is 0 Å². The fraction of sp³-hybridized carbons (Fsp3) is 0.381. The van der Waals surface area contributed by atoms with Gasteiger partial charge in [0.05, 0.1) is 6.61 Å². The van der Waals surface area contributed by atoms with Gasteiger partial charge in [-0.05, 0) is 44.0 Å². The highest BCUT2D eigenvalue weighted by Crippen LogP contribution is 2.31. The zero-order valence-corrected chi connectivity index (χ0v) is 17.6. The maximum atomic E-state index is 13.2. The van der Waals surface area contributed by atoms with Crippen molar-refractivity contribution < 1.29 is 33.6 Å². The van der Waals surface area contributed by atoms with Crippen molar-refractivity contribution in [3.8, 4) is 5.75 Å². The van der Waals surface area contributed by atoms with Gasteiger partial charge >= 0.3 is 0 Å². The summed E-state index contributed by atoms with van der Waals surface area (Å²) in [5, 5.41) is 11.5. The maximum absolute atomic E-state index is 13.2. The Morgan fingerprint density at radius 3 is 2.41 bits per heavy atom. The molecule has 0 bridgehead atoms. The number of rotatable bonds is 13. The molecule has 7 nitrogen and oxygen atoms in total. The quantitative estimate of drug-likeness (QED) is 0.126. The molecule has 0 fully saturated rings. The van der Waals surface area contributed by atoms with Gasteiger partial charge in [-0.25, -0.2) is 5.26 Å². The maximum Gasteiger partial charge on any atom is 0.260 e. The van der Waals surface area contributed by atoms with Crippen LogP contribution in [-0.2, 0) is 24.6 Å². The van der Waals surface area contributed by atoms with Gasteiger partial charge in [-0.2, -0.15) is 0 Å². The molecule has 0 aromatic heterocycles. The minimum Gasteiger partial charge on any atom is -0.494 e. The molecule has 0 aliphatic heterocycles. The van der Waals surface area contributed by atoms with Crippen molar-refractivity contribution in [2.24, 2.45) is 0 Å². The number of carbonyl (C=O) groups excluding carboxylic acids is 1. The minimum atomic E-state index is -1.51. The van der Waals surface area contributed by atoms with Crippen molar-refractivity contribution in [2.45, 2.75) is 25.6 Å². The average Bonchev–Trinajstić information content (AvgIpc) is 2.75. The highest BCUT2D eigenvalue weighted by molar-refractivity contribution is 7.94. The second-order valence-electron chi connectivity index (χ2n) is 6.27. The number of unbranched alkanes of at least 4 members (excludes halogenated alkanes) is 1. The van der Waals surface area contributed by atoms with E-state index in [4.69, 9.17) is 19.5 Å². The molecule has 29 heavy (non-hydrogen) atoms. The minimum absolute atomic E-state index is 0.289. The lowest BCUT2D eigenvalue weighted by Crippen LogP contribution is -2.40. The smallest absolute Gasteiger partial charge is 0.260 e. The molecule has 1 N–H and O–H groups in total. The van der Waals surface area contributed by atoms with Gasteiger partial charge in [-0.15, -0.1) is 4.33 Å². The standard InChI is InChI=1S/C21H26O7S/c1-16-7-6-8-18(15-16)21(24-2,25-3)20(22)17-9-11-19(12-10-17)26-13-4-5-14-29-28-27-23/h6-12,15,23H,4-5,13-14H2,1-3H3. The van der Waals surface area contributed by atoms with Gasteiger partial charge in [0.1, 0.15) is 5.75 Å². The molecule has 0 heterocycles. The summed E-state index contributed by atoms with van der Waals surface area (Å²) in [6.45, 7) is 2.47. The highest BCUT2D eigenvalue weighted by Gasteiger charge is 2.41. The zero-order chi connectivity index (χ0) is 21.1. The Kier molecular flexibility index (Phi) is 9.59. The summed E-state index contributed by atoms with van der Waals surface area (Å²) in [6.07, 6.45) is 1.65. The van der Waals surface area contributed by atoms with Crippen LogP contribution in [-0.4, -0.2) is 37.6 Å². The van der Waals surface area contributed by atoms with Gasteiger partial charge in [-0.1, -0.05) is 34.9 Å². The summed E-state index contributed by atoms with van der Waals surface area (Å²) in [5.74, 6) is -0.457. The topological polar surface area (TPSA) is 83.5 Å². The van der Waals surface area contributed by atoms with Crippen LogP contribution in [0.25, 0.3) is 0 Å². The van der Waals surface area contributed by atoms with Gasteiger partial charge in [0.15, 0.2) is 0 Å². The average molecular weight is 422 g/mol. The van der Waals surface area contributed by atoms with E-state index in [0.29, 0.717) is 29.2 Å². The summed E-state index contributed by atoms with van der Waals surface area (Å²) in [4.78, 5) is 13.2. The van der Waals surface area contributed by atoms with E-state index in [1.54, 1.807) is 24.3 Å². The molecule has 0 saturated carbocycles. The fourth-order valence-corrected chi connectivity index (χ4v) is 3.32. The molecule has 0 amide bonds. The van der Waals surface area contributed by atoms with Gasteiger partial charge in [0.25, 0.3) is 5.79 Å². The third-order valence-electron chi connectivity index (χ3n) is 4.36. The molecule has 2 aromatic rings.